The largest absolute Gasteiger partial charge is 0.493 e. The third-order valence-corrected chi connectivity index (χ3v) is 7.65. The monoisotopic (exact) mass is 489 g/mol. The molecule has 174 valence electrons. The van der Waals surface area contributed by atoms with Crippen LogP contribution in [0.2, 0.25) is 0 Å². The standard InChI is InChI=1S/C22H23N3O6S2/c1-30-17-11-14(5-8-20(26)27)12-19(21(17)31-2)33(28,29)24-15-6-7-16-18(13-15)32-22(23-16)25-9-3-4-10-25/h5-8,11-13,24H,3-4,9-10H2,1-2H3,(H,26,27)/b8-5+. The Morgan fingerprint density at radius 2 is 1.94 bits per heavy atom. The molecule has 2 N–H and O–H groups in total. The highest BCUT2D eigenvalue weighted by atomic mass is 32.2. The Morgan fingerprint density at radius 3 is 2.61 bits per heavy atom. The third kappa shape index (κ3) is 4.88. The lowest BCUT2D eigenvalue weighted by atomic mass is 10.2. The lowest BCUT2D eigenvalue weighted by Crippen LogP contribution is -2.16. The summed E-state index contributed by atoms with van der Waals surface area (Å²) in [6.45, 7) is 1.96. The number of methoxy groups -OCH3 is 2. The molecular formula is C22H23N3O6S2. The molecule has 11 heteroatoms. The van der Waals surface area contributed by atoms with Crippen molar-refractivity contribution in [1.82, 2.24) is 4.98 Å². The quantitative estimate of drug-likeness (QED) is 0.459. The number of benzene rings is 2. The molecular weight excluding hydrogens is 466 g/mol. The van der Waals surface area contributed by atoms with Crippen LogP contribution in [0.25, 0.3) is 16.3 Å². The van der Waals surface area contributed by atoms with E-state index in [1.165, 1.54) is 43.8 Å². The zero-order valence-corrected chi connectivity index (χ0v) is 19.7. The lowest BCUT2D eigenvalue weighted by Gasteiger charge is -2.15. The van der Waals surface area contributed by atoms with Gasteiger partial charge in [-0.05, 0) is 54.8 Å². The second-order valence-electron chi connectivity index (χ2n) is 7.40. The molecule has 1 fully saturated rings. The number of rotatable bonds is 8. The zero-order valence-electron chi connectivity index (χ0n) is 18.1. The van der Waals surface area contributed by atoms with E-state index in [2.05, 4.69) is 14.6 Å². The Hall–Kier alpha value is -3.31. The van der Waals surface area contributed by atoms with Crippen molar-refractivity contribution in [2.45, 2.75) is 17.7 Å². The van der Waals surface area contributed by atoms with Gasteiger partial charge in [0.05, 0.1) is 30.1 Å². The second kappa shape index (κ2) is 9.28. The van der Waals surface area contributed by atoms with Gasteiger partial charge in [-0.2, -0.15) is 0 Å². The van der Waals surface area contributed by atoms with Crippen molar-refractivity contribution < 1.29 is 27.8 Å². The van der Waals surface area contributed by atoms with Gasteiger partial charge in [0, 0.05) is 19.2 Å². The molecule has 2 aromatic carbocycles. The summed E-state index contributed by atoms with van der Waals surface area (Å²) in [5.41, 5.74) is 1.53. The maximum atomic E-state index is 13.3. The van der Waals surface area contributed by atoms with Crippen LogP contribution in [0, 0.1) is 0 Å². The van der Waals surface area contributed by atoms with E-state index in [1.807, 2.05) is 0 Å². The molecule has 1 saturated heterocycles. The van der Waals surface area contributed by atoms with Crippen molar-refractivity contribution in [2.24, 2.45) is 0 Å². The highest BCUT2D eigenvalue weighted by molar-refractivity contribution is 7.92. The van der Waals surface area contributed by atoms with Crippen molar-refractivity contribution in [1.29, 1.82) is 0 Å². The third-order valence-electron chi connectivity index (χ3n) is 5.18. The molecule has 0 atom stereocenters. The Labute approximate surface area is 195 Å². The van der Waals surface area contributed by atoms with Gasteiger partial charge >= 0.3 is 5.97 Å². The van der Waals surface area contributed by atoms with Gasteiger partial charge in [0.15, 0.2) is 16.6 Å². The van der Waals surface area contributed by atoms with Crippen LogP contribution >= 0.6 is 11.3 Å². The van der Waals surface area contributed by atoms with E-state index in [9.17, 15) is 13.2 Å². The molecule has 1 aromatic heterocycles. The van der Waals surface area contributed by atoms with Gasteiger partial charge in [-0.3, -0.25) is 4.72 Å². The number of fused-ring (bicyclic) bond motifs is 1. The van der Waals surface area contributed by atoms with Gasteiger partial charge < -0.3 is 19.5 Å². The van der Waals surface area contributed by atoms with Crippen molar-refractivity contribution in [3.8, 4) is 11.5 Å². The van der Waals surface area contributed by atoms with Crippen molar-refractivity contribution in [2.75, 3.05) is 36.9 Å². The summed E-state index contributed by atoms with van der Waals surface area (Å²) in [5.74, 6) is -0.968. The number of nitrogens with one attached hydrogen (secondary N) is 1. The minimum Gasteiger partial charge on any atom is -0.493 e. The molecule has 0 unspecified atom stereocenters. The number of hydrogen-bond donors (Lipinski definition) is 2. The molecule has 0 aliphatic carbocycles. The van der Waals surface area contributed by atoms with Crippen molar-refractivity contribution in [3.63, 3.8) is 0 Å². The first-order chi connectivity index (χ1) is 15.8. The first-order valence-electron chi connectivity index (χ1n) is 10.2. The van der Waals surface area contributed by atoms with Crippen LogP contribution in [0.5, 0.6) is 11.5 Å². The summed E-state index contributed by atoms with van der Waals surface area (Å²) in [6, 6.07) is 8.03. The van der Waals surface area contributed by atoms with Gasteiger partial charge in [-0.25, -0.2) is 18.2 Å². The first kappa shape index (κ1) is 22.9. The number of carbonyl (C=O) groups is 1. The smallest absolute Gasteiger partial charge is 0.328 e. The second-order valence-corrected chi connectivity index (χ2v) is 10.1. The molecule has 1 aliphatic heterocycles. The van der Waals surface area contributed by atoms with E-state index in [-0.39, 0.29) is 16.4 Å². The van der Waals surface area contributed by atoms with Crippen LogP contribution in [0.15, 0.2) is 41.3 Å². The maximum Gasteiger partial charge on any atom is 0.328 e. The molecule has 0 amide bonds. The number of thiazole rings is 1. The van der Waals surface area contributed by atoms with Crippen LogP contribution in [-0.4, -0.2) is 51.8 Å². The average molecular weight is 490 g/mol. The highest BCUT2D eigenvalue weighted by Gasteiger charge is 2.24. The molecule has 0 bridgehead atoms. The number of carboxylic acids is 1. The summed E-state index contributed by atoms with van der Waals surface area (Å²) in [4.78, 5) is 17.6. The lowest BCUT2D eigenvalue weighted by molar-refractivity contribution is -0.131. The van der Waals surface area contributed by atoms with Crippen LogP contribution in [0.4, 0.5) is 10.8 Å². The molecule has 2 heterocycles. The fourth-order valence-electron chi connectivity index (χ4n) is 3.64. The first-order valence-corrected chi connectivity index (χ1v) is 12.5. The summed E-state index contributed by atoms with van der Waals surface area (Å²) in [7, 11) is -1.37. The van der Waals surface area contributed by atoms with E-state index in [0.29, 0.717) is 11.3 Å². The van der Waals surface area contributed by atoms with E-state index in [4.69, 9.17) is 14.6 Å². The van der Waals surface area contributed by atoms with Crippen LogP contribution in [0.1, 0.15) is 18.4 Å². The highest BCUT2D eigenvalue weighted by Crippen LogP contribution is 2.38. The molecule has 3 aromatic rings. The van der Waals surface area contributed by atoms with Gasteiger partial charge in [0.2, 0.25) is 0 Å². The molecule has 1 aliphatic rings. The van der Waals surface area contributed by atoms with Crippen molar-refractivity contribution in [3.05, 3.63) is 42.0 Å². The Bertz CT molecular complexity index is 1330. The van der Waals surface area contributed by atoms with E-state index in [0.717, 1.165) is 47.4 Å². The number of aliphatic carboxylic acids is 1. The number of nitrogens with zero attached hydrogens (tertiary/aromatic N) is 2. The summed E-state index contributed by atoms with van der Waals surface area (Å²) >= 11 is 1.53. The van der Waals surface area contributed by atoms with Crippen LogP contribution < -0.4 is 19.1 Å². The number of aromatic nitrogens is 1. The van der Waals surface area contributed by atoms with Gasteiger partial charge in [-0.1, -0.05) is 11.3 Å². The Balaban J connectivity index is 1.69. The Kier molecular flexibility index (Phi) is 6.43. The molecule has 33 heavy (non-hydrogen) atoms. The maximum absolute atomic E-state index is 13.3. The van der Waals surface area contributed by atoms with E-state index in [1.54, 1.807) is 18.2 Å². The number of hydrogen-bond acceptors (Lipinski definition) is 8. The van der Waals surface area contributed by atoms with Crippen LogP contribution in [0.3, 0.4) is 0 Å². The minimum absolute atomic E-state index is 0.0210. The number of anilines is 2. The predicted octanol–water partition coefficient (Wildman–Crippen LogP) is 3.81. The zero-order chi connectivity index (χ0) is 23.6. The van der Waals surface area contributed by atoms with Gasteiger partial charge in [-0.15, -0.1) is 0 Å². The topological polar surface area (TPSA) is 118 Å². The van der Waals surface area contributed by atoms with Gasteiger partial charge in [0.1, 0.15) is 4.90 Å². The fourth-order valence-corrected chi connectivity index (χ4v) is 5.97. The number of ether oxygens (including phenoxy) is 2. The fraction of sp³-hybridized carbons (Fsp3) is 0.273. The predicted molar refractivity (Wildman–Crippen MR) is 128 cm³/mol. The summed E-state index contributed by atoms with van der Waals surface area (Å²) < 4.78 is 40.6. The summed E-state index contributed by atoms with van der Waals surface area (Å²) in [5, 5.41) is 9.84. The Morgan fingerprint density at radius 1 is 1.18 bits per heavy atom. The number of carboxylic acid groups (broad SMARTS) is 1. The SMILES string of the molecule is COc1cc(/C=C/C(=O)O)cc(S(=O)(=O)Nc2ccc3nc(N4CCCC4)sc3c2)c1OC. The van der Waals surface area contributed by atoms with Crippen molar-refractivity contribution >= 4 is 54.4 Å². The van der Waals surface area contributed by atoms with E-state index < -0.39 is 16.0 Å². The minimum atomic E-state index is -4.09. The normalized spacial score (nSPS) is 14.2. The number of sulfonamides is 1. The molecule has 9 nitrogen and oxygen atoms in total. The van der Waals surface area contributed by atoms with Crippen LogP contribution in [-0.2, 0) is 14.8 Å². The average Bonchev–Trinajstić information content (AvgIpc) is 3.46. The molecule has 0 spiro atoms. The van der Waals surface area contributed by atoms with Gasteiger partial charge in [0.25, 0.3) is 10.0 Å². The molecule has 0 radical (unpaired) electrons. The summed E-state index contributed by atoms with van der Waals surface area (Å²) in [6.07, 6.45) is 4.49. The van der Waals surface area contributed by atoms with E-state index >= 15 is 0 Å². The molecule has 0 saturated carbocycles. The molecule has 4 rings (SSSR count).